The van der Waals surface area contributed by atoms with Gasteiger partial charge in [0.1, 0.15) is 11.3 Å². The van der Waals surface area contributed by atoms with Gasteiger partial charge in [0.15, 0.2) is 0 Å². The van der Waals surface area contributed by atoms with Gasteiger partial charge in [0.05, 0.1) is 13.7 Å². The van der Waals surface area contributed by atoms with Gasteiger partial charge in [-0.1, -0.05) is 31.9 Å². The Morgan fingerprint density at radius 1 is 1.44 bits per heavy atom. The summed E-state index contributed by atoms with van der Waals surface area (Å²) in [6.07, 6.45) is 0. The van der Waals surface area contributed by atoms with Gasteiger partial charge in [-0.2, -0.15) is 0 Å². The predicted molar refractivity (Wildman–Crippen MR) is 69.3 cm³/mol. The van der Waals surface area contributed by atoms with Crippen molar-refractivity contribution >= 4 is 37.8 Å². The summed E-state index contributed by atoms with van der Waals surface area (Å²) in [5, 5.41) is 0.566. The number of methoxy groups -OCH3 is 1. The quantitative estimate of drug-likeness (QED) is 0.615. The van der Waals surface area contributed by atoms with E-state index in [9.17, 15) is 4.79 Å². The third kappa shape index (κ3) is 2.98. The molecule has 0 radical (unpaired) electrons. The SMILES string of the molecule is CCOC(=O)c1c(CBr)cc(Br)cc1OC. The van der Waals surface area contributed by atoms with Gasteiger partial charge in [-0.25, -0.2) is 4.79 Å². The normalized spacial score (nSPS) is 10.0. The molecule has 0 saturated heterocycles. The lowest BCUT2D eigenvalue weighted by molar-refractivity contribution is 0.0521. The molecule has 0 amide bonds. The van der Waals surface area contributed by atoms with Crippen LogP contribution in [0, 0.1) is 0 Å². The van der Waals surface area contributed by atoms with Gasteiger partial charge in [0.2, 0.25) is 0 Å². The second-order valence-electron chi connectivity index (χ2n) is 3.00. The summed E-state index contributed by atoms with van der Waals surface area (Å²) in [7, 11) is 1.53. The van der Waals surface area contributed by atoms with Crippen LogP contribution < -0.4 is 4.74 Å². The molecule has 1 aromatic carbocycles. The molecule has 16 heavy (non-hydrogen) atoms. The van der Waals surface area contributed by atoms with Gasteiger partial charge in [-0.05, 0) is 24.6 Å². The highest BCUT2D eigenvalue weighted by molar-refractivity contribution is 9.10. The van der Waals surface area contributed by atoms with Crippen LogP contribution in [0.1, 0.15) is 22.8 Å². The van der Waals surface area contributed by atoms with Crippen LogP contribution in [-0.2, 0) is 10.1 Å². The molecule has 0 aliphatic rings. The molecular weight excluding hydrogens is 340 g/mol. The number of alkyl halides is 1. The fourth-order valence-electron chi connectivity index (χ4n) is 1.34. The van der Waals surface area contributed by atoms with Crippen LogP contribution in [0.25, 0.3) is 0 Å². The Labute approximate surface area is 111 Å². The minimum absolute atomic E-state index is 0.347. The highest BCUT2D eigenvalue weighted by Gasteiger charge is 2.18. The first-order chi connectivity index (χ1) is 7.63. The first-order valence-corrected chi connectivity index (χ1v) is 6.65. The first-order valence-electron chi connectivity index (χ1n) is 4.73. The average Bonchev–Trinajstić information content (AvgIpc) is 2.27. The number of carbonyl (C=O) groups excluding carboxylic acids is 1. The first kappa shape index (κ1) is 13.5. The van der Waals surface area contributed by atoms with E-state index < -0.39 is 0 Å². The largest absolute Gasteiger partial charge is 0.496 e. The Bertz CT molecular complexity index is 366. The van der Waals surface area contributed by atoms with Gasteiger partial charge in [-0.15, -0.1) is 0 Å². The van der Waals surface area contributed by atoms with Gasteiger partial charge in [-0.3, -0.25) is 0 Å². The van der Waals surface area contributed by atoms with Gasteiger partial charge >= 0.3 is 5.97 Å². The van der Waals surface area contributed by atoms with Crippen LogP contribution in [0.15, 0.2) is 16.6 Å². The number of hydrogen-bond donors (Lipinski definition) is 0. The molecule has 5 heteroatoms. The number of rotatable bonds is 4. The molecule has 88 valence electrons. The van der Waals surface area contributed by atoms with Crippen molar-refractivity contribution in [3.05, 3.63) is 27.7 Å². The average molecular weight is 352 g/mol. The molecule has 0 unspecified atom stereocenters. The monoisotopic (exact) mass is 350 g/mol. The summed E-state index contributed by atoms with van der Waals surface area (Å²) in [6.45, 7) is 2.12. The Hall–Kier alpha value is -0.550. The molecule has 1 aromatic rings. The van der Waals surface area contributed by atoms with Gasteiger partial charge < -0.3 is 9.47 Å². The van der Waals surface area contributed by atoms with Crippen molar-refractivity contribution < 1.29 is 14.3 Å². The lowest BCUT2D eigenvalue weighted by atomic mass is 10.1. The summed E-state index contributed by atoms with van der Waals surface area (Å²) in [5.41, 5.74) is 1.31. The summed E-state index contributed by atoms with van der Waals surface area (Å²) >= 11 is 6.71. The molecular formula is C11H12Br2O3. The summed E-state index contributed by atoms with van der Waals surface area (Å²) in [4.78, 5) is 11.8. The number of hydrogen-bond acceptors (Lipinski definition) is 3. The topological polar surface area (TPSA) is 35.5 Å². The second kappa shape index (κ2) is 6.25. The van der Waals surface area contributed by atoms with Crippen LogP contribution in [-0.4, -0.2) is 19.7 Å². The van der Waals surface area contributed by atoms with Crippen LogP contribution >= 0.6 is 31.9 Å². The predicted octanol–water partition coefficient (Wildman–Crippen LogP) is 3.53. The van der Waals surface area contributed by atoms with Crippen molar-refractivity contribution in [1.29, 1.82) is 0 Å². The molecule has 0 saturated carbocycles. The van der Waals surface area contributed by atoms with E-state index in [-0.39, 0.29) is 5.97 Å². The molecule has 0 fully saturated rings. The van der Waals surface area contributed by atoms with E-state index >= 15 is 0 Å². The number of ether oxygens (including phenoxy) is 2. The minimum Gasteiger partial charge on any atom is -0.496 e. The van der Waals surface area contributed by atoms with Crippen molar-refractivity contribution in [1.82, 2.24) is 0 Å². The third-order valence-corrected chi connectivity index (χ3v) is 3.05. The number of carbonyl (C=O) groups is 1. The molecule has 0 bridgehead atoms. The lowest BCUT2D eigenvalue weighted by Gasteiger charge is -2.12. The van der Waals surface area contributed by atoms with E-state index in [0.29, 0.717) is 23.2 Å². The fraction of sp³-hybridized carbons (Fsp3) is 0.364. The maximum absolute atomic E-state index is 11.8. The Balaban J connectivity index is 3.27. The summed E-state index contributed by atoms with van der Waals surface area (Å²) in [5.74, 6) is 0.156. The smallest absolute Gasteiger partial charge is 0.342 e. The Kier molecular flexibility index (Phi) is 5.28. The molecule has 3 nitrogen and oxygen atoms in total. The Morgan fingerprint density at radius 2 is 2.12 bits per heavy atom. The highest BCUT2D eigenvalue weighted by atomic mass is 79.9. The van der Waals surface area contributed by atoms with E-state index in [4.69, 9.17) is 9.47 Å². The highest BCUT2D eigenvalue weighted by Crippen LogP contribution is 2.29. The zero-order chi connectivity index (χ0) is 12.1. The van der Waals surface area contributed by atoms with Crippen molar-refractivity contribution in [2.75, 3.05) is 13.7 Å². The van der Waals surface area contributed by atoms with E-state index in [1.54, 1.807) is 13.0 Å². The van der Waals surface area contributed by atoms with E-state index in [2.05, 4.69) is 31.9 Å². The van der Waals surface area contributed by atoms with Crippen molar-refractivity contribution in [3.8, 4) is 5.75 Å². The zero-order valence-corrected chi connectivity index (χ0v) is 12.2. The van der Waals surface area contributed by atoms with Gasteiger partial charge in [0.25, 0.3) is 0 Å². The van der Waals surface area contributed by atoms with E-state index in [1.807, 2.05) is 6.07 Å². The lowest BCUT2D eigenvalue weighted by Crippen LogP contribution is -2.09. The summed E-state index contributed by atoms with van der Waals surface area (Å²) in [6, 6.07) is 3.61. The number of halogens is 2. The molecule has 1 rings (SSSR count). The molecule has 0 N–H and O–H groups in total. The maximum Gasteiger partial charge on any atom is 0.342 e. The zero-order valence-electron chi connectivity index (χ0n) is 9.05. The molecule has 0 aromatic heterocycles. The second-order valence-corrected chi connectivity index (χ2v) is 4.47. The van der Waals surface area contributed by atoms with Crippen LogP contribution in [0.4, 0.5) is 0 Å². The van der Waals surface area contributed by atoms with Crippen molar-refractivity contribution in [2.24, 2.45) is 0 Å². The molecule has 0 heterocycles. The van der Waals surface area contributed by atoms with Crippen molar-refractivity contribution in [2.45, 2.75) is 12.3 Å². The van der Waals surface area contributed by atoms with Crippen LogP contribution in [0.3, 0.4) is 0 Å². The number of esters is 1. The van der Waals surface area contributed by atoms with Gasteiger partial charge in [0, 0.05) is 9.80 Å². The van der Waals surface area contributed by atoms with E-state index in [0.717, 1.165) is 10.0 Å². The summed E-state index contributed by atoms with van der Waals surface area (Å²) < 4.78 is 11.0. The Morgan fingerprint density at radius 3 is 2.62 bits per heavy atom. The van der Waals surface area contributed by atoms with E-state index in [1.165, 1.54) is 7.11 Å². The van der Waals surface area contributed by atoms with Crippen LogP contribution in [0.2, 0.25) is 0 Å². The minimum atomic E-state index is -0.360. The van der Waals surface area contributed by atoms with Crippen LogP contribution in [0.5, 0.6) is 5.75 Å². The molecule has 0 atom stereocenters. The fourth-order valence-corrected chi connectivity index (χ4v) is 2.26. The number of benzene rings is 1. The molecule has 0 aliphatic heterocycles. The van der Waals surface area contributed by atoms with Crippen molar-refractivity contribution in [3.63, 3.8) is 0 Å². The molecule has 0 aliphatic carbocycles. The standard InChI is InChI=1S/C11H12Br2O3/c1-3-16-11(14)10-7(6-12)4-8(13)5-9(10)15-2/h4-5H,3,6H2,1-2H3. The third-order valence-electron chi connectivity index (χ3n) is 1.99. The molecule has 0 spiro atoms. The maximum atomic E-state index is 11.8.